The van der Waals surface area contributed by atoms with Crippen LogP contribution in [-0.4, -0.2) is 12.7 Å². The zero-order chi connectivity index (χ0) is 25.8. The Hall–Kier alpha value is -3.19. The Bertz CT molecular complexity index is 1290. The van der Waals surface area contributed by atoms with E-state index in [9.17, 15) is 22.0 Å². The quantitative estimate of drug-likeness (QED) is 0.289. The Balaban J connectivity index is 1.43. The molecule has 2 nitrogen and oxygen atoms in total. The van der Waals surface area contributed by atoms with Gasteiger partial charge in [0, 0.05) is 16.7 Å². The van der Waals surface area contributed by atoms with E-state index in [0.29, 0.717) is 31.2 Å². The van der Waals surface area contributed by atoms with E-state index in [1.807, 2.05) is 13.0 Å². The van der Waals surface area contributed by atoms with Crippen LogP contribution >= 0.6 is 0 Å². The normalized spacial score (nSPS) is 15.6. The third kappa shape index (κ3) is 5.46. The summed E-state index contributed by atoms with van der Waals surface area (Å²) >= 11 is 0. The van der Waals surface area contributed by atoms with Crippen LogP contribution < -0.4 is 4.74 Å². The largest absolute Gasteiger partial charge is 0.490 e. The predicted molar refractivity (Wildman–Crippen MR) is 129 cm³/mol. The van der Waals surface area contributed by atoms with Crippen molar-refractivity contribution < 1.29 is 31.4 Å². The smallest absolute Gasteiger partial charge is 0.201 e. The van der Waals surface area contributed by atoms with Crippen molar-refractivity contribution in [1.29, 1.82) is 0 Å². The third-order valence-corrected chi connectivity index (χ3v) is 6.33. The predicted octanol–water partition coefficient (Wildman–Crippen LogP) is 8.30. The van der Waals surface area contributed by atoms with Gasteiger partial charge in [-0.1, -0.05) is 37.3 Å². The molecule has 0 aliphatic heterocycles. The van der Waals surface area contributed by atoms with Gasteiger partial charge in [-0.2, -0.15) is 4.39 Å². The molecule has 1 aliphatic carbocycles. The summed E-state index contributed by atoms with van der Waals surface area (Å²) in [5, 5.41) is 0. The van der Waals surface area contributed by atoms with Gasteiger partial charge < -0.3 is 9.47 Å². The van der Waals surface area contributed by atoms with Gasteiger partial charge in [0.05, 0.1) is 19.3 Å². The molecule has 0 bridgehead atoms. The maximum atomic E-state index is 15.0. The second-order valence-electron chi connectivity index (χ2n) is 8.89. The number of ether oxygens (including phenoxy) is 2. The lowest BCUT2D eigenvalue weighted by Gasteiger charge is -2.23. The highest BCUT2D eigenvalue weighted by molar-refractivity contribution is 5.72. The Labute approximate surface area is 207 Å². The summed E-state index contributed by atoms with van der Waals surface area (Å²) in [5.41, 5.74) is 1.74. The number of hydrogen-bond acceptors (Lipinski definition) is 2. The molecule has 0 radical (unpaired) electrons. The summed E-state index contributed by atoms with van der Waals surface area (Å²) < 4.78 is 82.7. The number of hydrogen-bond donors (Lipinski definition) is 0. The van der Waals surface area contributed by atoms with Crippen molar-refractivity contribution in [3.8, 4) is 16.9 Å². The minimum atomic E-state index is -1.16. The SMILES string of the molecule is CCCOc1ccc(-c2ccc(C3=CCC(OCc4ccc(C)c(F)c4F)CC3)cc2F)c(F)c1F. The zero-order valence-electron chi connectivity index (χ0n) is 20.1. The number of benzene rings is 3. The van der Waals surface area contributed by atoms with E-state index < -0.39 is 29.1 Å². The molecule has 0 heterocycles. The van der Waals surface area contributed by atoms with Crippen LogP contribution in [0.2, 0.25) is 0 Å². The topological polar surface area (TPSA) is 18.5 Å². The van der Waals surface area contributed by atoms with E-state index >= 15 is 0 Å². The van der Waals surface area contributed by atoms with Crippen LogP contribution in [0.15, 0.2) is 48.5 Å². The van der Waals surface area contributed by atoms with Crippen molar-refractivity contribution in [3.63, 3.8) is 0 Å². The average Bonchev–Trinajstić information content (AvgIpc) is 2.88. The van der Waals surface area contributed by atoms with Crippen molar-refractivity contribution in [2.24, 2.45) is 0 Å². The first-order chi connectivity index (χ1) is 17.3. The first kappa shape index (κ1) is 25.9. The van der Waals surface area contributed by atoms with Crippen LogP contribution in [0.5, 0.6) is 5.75 Å². The van der Waals surface area contributed by atoms with Gasteiger partial charge in [0.25, 0.3) is 0 Å². The molecule has 1 aliphatic rings. The van der Waals surface area contributed by atoms with Gasteiger partial charge in [0.2, 0.25) is 5.82 Å². The highest BCUT2D eigenvalue weighted by atomic mass is 19.2. The fourth-order valence-electron chi connectivity index (χ4n) is 4.23. The Kier molecular flexibility index (Phi) is 8.09. The van der Waals surface area contributed by atoms with Gasteiger partial charge >= 0.3 is 0 Å². The second kappa shape index (κ2) is 11.2. The molecular weight excluding hydrogens is 475 g/mol. The van der Waals surface area contributed by atoms with E-state index in [4.69, 9.17) is 9.47 Å². The van der Waals surface area contributed by atoms with Gasteiger partial charge in [-0.3, -0.25) is 0 Å². The lowest BCUT2D eigenvalue weighted by molar-refractivity contribution is 0.0342. The molecule has 1 atom stereocenters. The molecule has 36 heavy (non-hydrogen) atoms. The van der Waals surface area contributed by atoms with Crippen molar-refractivity contribution in [3.05, 3.63) is 94.3 Å². The van der Waals surface area contributed by atoms with Crippen LogP contribution in [0.3, 0.4) is 0 Å². The van der Waals surface area contributed by atoms with Crippen molar-refractivity contribution in [1.82, 2.24) is 0 Å². The number of aryl methyl sites for hydroxylation is 1. The molecule has 4 rings (SSSR count). The summed E-state index contributed by atoms with van der Waals surface area (Å²) in [6.45, 7) is 3.56. The fraction of sp³-hybridized carbons (Fsp3) is 0.310. The standard InChI is InChI=1S/C29H27F5O2/c1-3-14-35-25-13-12-23(28(33)29(25)34)22-11-8-19(15-24(22)30)18-6-9-21(10-7-18)36-16-20-5-4-17(2)26(31)27(20)32/h4-6,8,11-13,15,21H,3,7,9-10,14,16H2,1-2H3. The highest BCUT2D eigenvalue weighted by Gasteiger charge is 2.21. The van der Waals surface area contributed by atoms with E-state index in [1.165, 1.54) is 43.3 Å². The second-order valence-corrected chi connectivity index (χ2v) is 8.89. The summed E-state index contributed by atoms with van der Waals surface area (Å²) in [6, 6.07) is 10.1. The fourth-order valence-corrected chi connectivity index (χ4v) is 4.23. The van der Waals surface area contributed by atoms with Gasteiger partial charge in [0.1, 0.15) is 5.82 Å². The maximum Gasteiger partial charge on any atom is 0.201 e. The molecule has 0 saturated heterocycles. The van der Waals surface area contributed by atoms with Gasteiger partial charge in [-0.25, -0.2) is 17.6 Å². The van der Waals surface area contributed by atoms with Crippen molar-refractivity contribution >= 4 is 5.57 Å². The minimum Gasteiger partial charge on any atom is -0.490 e. The number of allylic oxidation sites excluding steroid dienone is 1. The van der Waals surface area contributed by atoms with E-state index in [1.54, 1.807) is 6.07 Å². The lowest BCUT2D eigenvalue weighted by Crippen LogP contribution is -2.16. The Morgan fingerprint density at radius 2 is 1.64 bits per heavy atom. The van der Waals surface area contributed by atoms with Gasteiger partial charge in [-0.15, -0.1) is 0 Å². The van der Waals surface area contributed by atoms with Crippen molar-refractivity contribution in [2.45, 2.75) is 52.2 Å². The number of halogens is 5. The molecule has 0 amide bonds. The van der Waals surface area contributed by atoms with Crippen molar-refractivity contribution in [2.75, 3.05) is 6.61 Å². The highest BCUT2D eigenvalue weighted by Crippen LogP contribution is 2.35. The molecule has 0 aromatic heterocycles. The first-order valence-electron chi connectivity index (χ1n) is 11.9. The molecule has 0 fully saturated rings. The molecule has 190 valence electrons. The first-order valence-corrected chi connectivity index (χ1v) is 11.9. The summed E-state index contributed by atoms with van der Waals surface area (Å²) in [5.74, 6) is -4.91. The summed E-state index contributed by atoms with van der Waals surface area (Å²) in [6.07, 6.45) is 4.16. The summed E-state index contributed by atoms with van der Waals surface area (Å²) in [4.78, 5) is 0. The van der Waals surface area contributed by atoms with Crippen LogP contribution in [-0.2, 0) is 11.3 Å². The van der Waals surface area contributed by atoms with Crippen LogP contribution in [0, 0.1) is 36.0 Å². The number of rotatable bonds is 8. The molecular formula is C29H27F5O2. The molecule has 3 aromatic rings. The molecule has 0 saturated carbocycles. The van der Waals surface area contributed by atoms with Gasteiger partial charge in [-0.05, 0) is 67.5 Å². The molecule has 0 spiro atoms. The zero-order valence-corrected chi connectivity index (χ0v) is 20.1. The van der Waals surface area contributed by atoms with Crippen LogP contribution in [0.25, 0.3) is 16.7 Å². The van der Waals surface area contributed by atoms with E-state index in [-0.39, 0.29) is 47.3 Å². The average molecular weight is 503 g/mol. The van der Waals surface area contributed by atoms with Gasteiger partial charge in [0.15, 0.2) is 23.2 Å². The summed E-state index contributed by atoms with van der Waals surface area (Å²) in [7, 11) is 0. The maximum absolute atomic E-state index is 15.0. The molecule has 1 unspecified atom stereocenters. The molecule has 3 aromatic carbocycles. The van der Waals surface area contributed by atoms with Crippen LogP contribution in [0.4, 0.5) is 22.0 Å². The Morgan fingerprint density at radius 3 is 2.33 bits per heavy atom. The van der Waals surface area contributed by atoms with E-state index in [0.717, 1.165) is 5.57 Å². The third-order valence-electron chi connectivity index (χ3n) is 6.33. The van der Waals surface area contributed by atoms with Crippen LogP contribution in [0.1, 0.15) is 49.3 Å². The lowest BCUT2D eigenvalue weighted by atomic mass is 9.90. The minimum absolute atomic E-state index is 0.0371. The Morgan fingerprint density at radius 1 is 0.861 bits per heavy atom. The monoisotopic (exact) mass is 502 g/mol. The van der Waals surface area contributed by atoms with E-state index in [2.05, 4.69) is 0 Å². The molecule has 7 heteroatoms. The molecule has 0 N–H and O–H groups in total.